The Morgan fingerprint density at radius 2 is 1.81 bits per heavy atom. The zero-order valence-corrected chi connectivity index (χ0v) is 10.7. The summed E-state index contributed by atoms with van der Waals surface area (Å²) < 4.78 is 6.75. The van der Waals surface area contributed by atoms with Gasteiger partial charge in [0.2, 0.25) is 0 Å². The molecule has 2 aromatic carbocycles. The maximum Gasteiger partial charge on any atom is 0.119 e. The van der Waals surface area contributed by atoms with Gasteiger partial charge in [-0.25, -0.2) is 0 Å². The van der Waals surface area contributed by atoms with Crippen molar-refractivity contribution in [3.63, 3.8) is 0 Å². The van der Waals surface area contributed by atoms with Crippen LogP contribution in [0.25, 0.3) is 0 Å². The summed E-state index contributed by atoms with van der Waals surface area (Å²) >= 11 is 3.40. The summed E-state index contributed by atoms with van der Waals surface area (Å²) in [4.78, 5) is 0. The lowest BCUT2D eigenvalue weighted by atomic mass is 10.1. The lowest BCUT2D eigenvalue weighted by molar-refractivity contribution is 0.306. The highest BCUT2D eigenvalue weighted by molar-refractivity contribution is 9.10. The number of hydrogen-bond donors (Lipinski definition) is 0. The van der Waals surface area contributed by atoms with Gasteiger partial charge in [-0.05, 0) is 36.8 Å². The van der Waals surface area contributed by atoms with E-state index in [4.69, 9.17) is 4.74 Å². The molecule has 2 aromatic rings. The first kappa shape index (κ1) is 11.2. The van der Waals surface area contributed by atoms with Crippen molar-refractivity contribution in [2.75, 3.05) is 0 Å². The lowest BCUT2D eigenvalue weighted by Gasteiger charge is -2.06. The van der Waals surface area contributed by atoms with Crippen LogP contribution in [-0.4, -0.2) is 0 Å². The highest BCUT2D eigenvalue weighted by atomic mass is 79.9. The molecule has 0 N–H and O–H groups in total. The molecule has 0 atom stereocenters. The third-order valence-electron chi connectivity index (χ3n) is 2.30. The van der Waals surface area contributed by atoms with Crippen LogP contribution >= 0.6 is 15.9 Å². The number of hydrogen-bond acceptors (Lipinski definition) is 1. The predicted octanol–water partition coefficient (Wildman–Crippen LogP) is 4.34. The molecule has 0 unspecified atom stereocenters. The smallest absolute Gasteiger partial charge is 0.119 e. The highest BCUT2D eigenvalue weighted by Crippen LogP contribution is 2.17. The molecular formula is C14H13BrO. The van der Waals surface area contributed by atoms with Crippen LogP contribution in [-0.2, 0) is 6.61 Å². The first-order chi connectivity index (χ1) is 7.74. The van der Waals surface area contributed by atoms with Crippen LogP contribution in [0.4, 0.5) is 0 Å². The van der Waals surface area contributed by atoms with Gasteiger partial charge >= 0.3 is 0 Å². The third-order valence-corrected chi connectivity index (χ3v) is 2.83. The van der Waals surface area contributed by atoms with Crippen molar-refractivity contribution < 1.29 is 4.74 Å². The van der Waals surface area contributed by atoms with Crippen LogP contribution in [0.2, 0.25) is 0 Å². The van der Waals surface area contributed by atoms with Gasteiger partial charge in [-0.2, -0.15) is 0 Å². The van der Waals surface area contributed by atoms with Gasteiger partial charge in [0.05, 0.1) is 0 Å². The average Bonchev–Trinajstić information content (AvgIpc) is 2.28. The molecule has 16 heavy (non-hydrogen) atoms. The van der Waals surface area contributed by atoms with Crippen LogP contribution in [0.5, 0.6) is 5.75 Å². The van der Waals surface area contributed by atoms with Crippen molar-refractivity contribution in [3.05, 3.63) is 64.1 Å². The molecule has 2 rings (SSSR count). The van der Waals surface area contributed by atoms with E-state index >= 15 is 0 Å². The fraction of sp³-hybridized carbons (Fsp3) is 0.143. The summed E-state index contributed by atoms with van der Waals surface area (Å²) in [6.45, 7) is 2.70. The van der Waals surface area contributed by atoms with E-state index in [9.17, 15) is 0 Å². The standard InChI is InChI=1S/C14H13BrO/c1-11-3-2-4-12(9-11)10-16-14-7-5-13(15)6-8-14/h2-9H,10H2,1H3. The molecule has 82 valence electrons. The Morgan fingerprint density at radius 3 is 2.50 bits per heavy atom. The minimum absolute atomic E-state index is 0.614. The summed E-state index contributed by atoms with van der Waals surface area (Å²) in [6.07, 6.45) is 0. The first-order valence-corrected chi connectivity index (χ1v) is 5.97. The van der Waals surface area contributed by atoms with Gasteiger partial charge in [-0.1, -0.05) is 45.8 Å². The summed E-state index contributed by atoms with van der Waals surface area (Å²) in [6, 6.07) is 16.2. The molecular weight excluding hydrogens is 264 g/mol. The topological polar surface area (TPSA) is 9.23 Å². The second-order valence-corrected chi connectivity index (χ2v) is 4.65. The number of rotatable bonds is 3. The molecule has 0 aliphatic rings. The second-order valence-electron chi connectivity index (χ2n) is 3.73. The lowest BCUT2D eigenvalue weighted by Crippen LogP contribution is -1.95. The SMILES string of the molecule is Cc1cccc(COc2ccc(Br)cc2)c1. The third kappa shape index (κ3) is 3.11. The largest absolute Gasteiger partial charge is 0.489 e. The van der Waals surface area contributed by atoms with E-state index in [2.05, 4.69) is 47.1 Å². The monoisotopic (exact) mass is 276 g/mol. The van der Waals surface area contributed by atoms with E-state index in [1.165, 1.54) is 11.1 Å². The fourth-order valence-corrected chi connectivity index (χ4v) is 1.76. The van der Waals surface area contributed by atoms with Gasteiger partial charge in [0, 0.05) is 4.47 Å². The summed E-state index contributed by atoms with van der Waals surface area (Å²) in [7, 11) is 0. The van der Waals surface area contributed by atoms with Crippen molar-refractivity contribution in [3.8, 4) is 5.75 Å². The molecule has 0 fully saturated rings. The Bertz CT molecular complexity index is 462. The normalized spacial score (nSPS) is 10.1. The van der Waals surface area contributed by atoms with Gasteiger partial charge in [0.15, 0.2) is 0 Å². The molecule has 0 heterocycles. The maximum absolute atomic E-state index is 5.68. The number of ether oxygens (including phenoxy) is 1. The van der Waals surface area contributed by atoms with E-state index < -0.39 is 0 Å². The van der Waals surface area contributed by atoms with Gasteiger partial charge in [0.1, 0.15) is 12.4 Å². The minimum atomic E-state index is 0.614. The zero-order chi connectivity index (χ0) is 11.4. The molecule has 0 aliphatic carbocycles. The van der Waals surface area contributed by atoms with E-state index in [1.807, 2.05) is 24.3 Å². The molecule has 0 aliphatic heterocycles. The number of halogens is 1. The maximum atomic E-state index is 5.68. The number of aryl methyl sites for hydroxylation is 1. The zero-order valence-electron chi connectivity index (χ0n) is 9.11. The van der Waals surface area contributed by atoms with Gasteiger partial charge < -0.3 is 4.74 Å². The summed E-state index contributed by atoms with van der Waals surface area (Å²) in [5.74, 6) is 0.893. The van der Waals surface area contributed by atoms with E-state index in [-0.39, 0.29) is 0 Å². The Kier molecular flexibility index (Phi) is 3.62. The molecule has 0 saturated carbocycles. The van der Waals surface area contributed by atoms with Crippen LogP contribution in [0, 0.1) is 6.92 Å². The van der Waals surface area contributed by atoms with Crippen LogP contribution in [0.3, 0.4) is 0 Å². The van der Waals surface area contributed by atoms with Crippen molar-refractivity contribution >= 4 is 15.9 Å². The molecule has 0 amide bonds. The second kappa shape index (κ2) is 5.17. The van der Waals surface area contributed by atoms with Crippen LogP contribution in [0.15, 0.2) is 53.0 Å². The van der Waals surface area contributed by atoms with Crippen LogP contribution < -0.4 is 4.74 Å². The Balaban J connectivity index is 1.99. The Labute approximate surface area is 104 Å². The molecule has 2 heteroatoms. The van der Waals surface area contributed by atoms with Crippen molar-refractivity contribution in [1.82, 2.24) is 0 Å². The summed E-state index contributed by atoms with van der Waals surface area (Å²) in [5.41, 5.74) is 2.46. The molecule has 0 saturated heterocycles. The molecule has 0 radical (unpaired) electrons. The molecule has 0 spiro atoms. The van der Waals surface area contributed by atoms with E-state index in [0.717, 1.165) is 10.2 Å². The van der Waals surface area contributed by atoms with Gasteiger partial charge in [-0.15, -0.1) is 0 Å². The van der Waals surface area contributed by atoms with Crippen molar-refractivity contribution in [2.24, 2.45) is 0 Å². The summed E-state index contributed by atoms with van der Waals surface area (Å²) in [5, 5.41) is 0. The quantitative estimate of drug-likeness (QED) is 0.811. The van der Waals surface area contributed by atoms with Crippen molar-refractivity contribution in [2.45, 2.75) is 13.5 Å². The average molecular weight is 277 g/mol. The van der Waals surface area contributed by atoms with Gasteiger partial charge in [-0.3, -0.25) is 0 Å². The molecule has 1 nitrogen and oxygen atoms in total. The highest BCUT2D eigenvalue weighted by Gasteiger charge is 1.96. The van der Waals surface area contributed by atoms with E-state index in [0.29, 0.717) is 6.61 Å². The van der Waals surface area contributed by atoms with E-state index in [1.54, 1.807) is 0 Å². The minimum Gasteiger partial charge on any atom is -0.489 e. The molecule has 0 bridgehead atoms. The first-order valence-electron chi connectivity index (χ1n) is 5.18. The Morgan fingerprint density at radius 1 is 1.06 bits per heavy atom. The van der Waals surface area contributed by atoms with Gasteiger partial charge in [0.25, 0.3) is 0 Å². The fourth-order valence-electron chi connectivity index (χ4n) is 1.50. The number of benzene rings is 2. The molecule has 0 aromatic heterocycles. The Hall–Kier alpha value is -1.28. The predicted molar refractivity (Wildman–Crippen MR) is 69.7 cm³/mol. The van der Waals surface area contributed by atoms with Crippen LogP contribution in [0.1, 0.15) is 11.1 Å². The van der Waals surface area contributed by atoms with Crippen molar-refractivity contribution in [1.29, 1.82) is 0 Å².